The number of carbonyl (C=O) groups excluding carboxylic acids is 1. The quantitative estimate of drug-likeness (QED) is 0.536. The van der Waals surface area contributed by atoms with E-state index in [9.17, 15) is 19.3 Å². The Labute approximate surface area is 151 Å². The van der Waals surface area contributed by atoms with Crippen LogP contribution >= 0.6 is 11.3 Å². The van der Waals surface area contributed by atoms with E-state index in [-0.39, 0.29) is 27.9 Å². The normalized spacial score (nSPS) is 10.4. The van der Waals surface area contributed by atoms with Crippen LogP contribution in [0, 0.1) is 15.9 Å². The highest BCUT2D eigenvalue weighted by Gasteiger charge is 2.18. The topological polar surface area (TPSA) is 94.4 Å². The number of methoxy groups -OCH3 is 1. The number of anilines is 1. The molecule has 0 fully saturated rings. The van der Waals surface area contributed by atoms with Crippen molar-refractivity contribution in [1.82, 2.24) is 4.98 Å². The highest BCUT2D eigenvalue weighted by molar-refractivity contribution is 7.14. The maximum absolute atomic E-state index is 13.3. The van der Waals surface area contributed by atoms with Crippen LogP contribution in [0.4, 0.5) is 15.2 Å². The number of nitro groups is 1. The molecule has 0 aliphatic rings. The summed E-state index contributed by atoms with van der Waals surface area (Å²) in [5, 5.41) is 15.4. The van der Waals surface area contributed by atoms with Gasteiger partial charge in [0.25, 0.3) is 11.6 Å². The van der Waals surface area contributed by atoms with Crippen LogP contribution in [0.1, 0.15) is 10.4 Å². The SMILES string of the molecule is COc1ccc([N+](=O)[O-])cc1C(=O)Nc1nc(-c2cccc(F)c2)cs1. The minimum Gasteiger partial charge on any atom is -0.496 e. The van der Waals surface area contributed by atoms with Gasteiger partial charge in [-0.15, -0.1) is 11.3 Å². The maximum Gasteiger partial charge on any atom is 0.270 e. The molecule has 0 saturated carbocycles. The molecule has 132 valence electrons. The fourth-order valence-electron chi connectivity index (χ4n) is 2.26. The largest absolute Gasteiger partial charge is 0.496 e. The minimum atomic E-state index is -0.596. The van der Waals surface area contributed by atoms with E-state index in [4.69, 9.17) is 4.74 Å². The van der Waals surface area contributed by atoms with Crippen LogP contribution in [0.3, 0.4) is 0 Å². The van der Waals surface area contributed by atoms with Gasteiger partial charge in [0.2, 0.25) is 0 Å². The highest BCUT2D eigenvalue weighted by atomic mass is 32.1. The monoisotopic (exact) mass is 373 g/mol. The van der Waals surface area contributed by atoms with Crippen molar-refractivity contribution in [2.45, 2.75) is 0 Å². The molecule has 7 nitrogen and oxygen atoms in total. The third-order valence-corrected chi connectivity index (χ3v) is 4.24. The molecule has 0 aliphatic heterocycles. The van der Waals surface area contributed by atoms with Crippen molar-refractivity contribution in [3.05, 3.63) is 69.3 Å². The lowest BCUT2D eigenvalue weighted by molar-refractivity contribution is -0.384. The predicted molar refractivity (Wildman–Crippen MR) is 95.1 cm³/mol. The fourth-order valence-corrected chi connectivity index (χ4v) is 2.98. The fraction of sp³-hybridized carbons (Fsp3) is 0.0588. The number of halogens is 1. The van der Waals surface area contributed by atoms with Crippen molar-refractivity contribution in [1.29, 1.82) is 0 Å². The molecule has 9 heteroatoms. The summed E-state index contributed by atoms with van der Waals surface area (Å²) in [5.74, 6) is -0.775. The van der Waals surface area contributed by atoms with Crippen LogP contribution in [0.2, 0.25) is 0 Å². The number of nitro benzene ring substituents is 1. The number of non-ortho nitro benzene ring substituents is 1. The van der Waals surface area contributed by atoms with Crippen molar-refractivity contribution >= 4 is 28.1 Å². The number of benzene rings is 2. The van der Waals surface area contributed by atoms with Gasteiger partial charge in [-0.05, 0) is 18.2 Å². The molecule has 1 amide bonds. The zero-order valence-corrected chi connectivity index (χ0v) is 14.2. The second kappa shape index (κ2) is 7.28. The molecule has 2 aromatic carbocycles. The van der Waals surface area contributed by atoms with Gasteiger partial charge in [0.05, 0.1) is 23.3 Å². The van der Waals surface area contributed by atoms with Gasteiger partial charge < -0.3 is 4.74 Å². The highest BCUT2D eigenvalue weighted by Crippen LogP contribution is 2.28. The van der Waals surface area contributed by atoms with Crippen LogP contribution in [-0.2, 0) is 0 Å². The van der Waals surface area contributed by atoms with E-state index in [1.54, 1.807) is 17.5 Å². The first kappa shape index (κ1) is 17.5. The lowest BCUT2D eigenvalue weighted by atomic mass is 10.1. The summed E-state index contributed by atoms with van der Waals surface area (Å²) in [6, 6.07) is 9.67. The Bertz CT molecular complexity index is 990. The number of carbonyl (C=O) groups is 1. The number of ether oxygens (including phenoxy) is 1. The standard InChI is InChI=1S/C17H12FN3O4S/c1-25-15-6-5-12(21(23)24)8-13(15)16(22)20-17-19-14(9-26-17)10-3-2-4-11(18)7-10/h2-9H,1H3,(H,19,20,22). The molecule has 0 aliphatic carbocycles. The lowest BCUT2D eigenvalue weighted by Gasteiger charge is -2.07. The van der Waals surface area contributed by atoms with Crippen molar-refractivity contribution in [3.8, 4) is 17.0 Å². The van der Waals surface area contributed by atoms with Gasteiger partial charge in [-0.1, -0.05) is 12.1 Å². The number of rotatable bonds is 5. The zero-order valence-electron chi connectivity index (χ0n) is 13.4. The van der Waals surface area contributed by atoms with Crippen LogP contribution in [0.25, 0.3) is 11.3 Å². The lowest BCUT2D eigenvalue weighted by Crippen LogP contribution is -2.13. The Hall–Kier alpha value is -3.33. The maximum atomic E-state index is 13.3. The molecule has 0 atom stereocenters. The number of thiazole rings is 1. The Balaban J connectivity index is 1.85. The third-order valence-electron chi connectivity index (χ3n) is 3.48. The van der Waals surface area contributed by atoms with Crippen molar-refractivity contribution in [3.63, 3.8) is 0 Å². The van der Waals surface area contributed by atoms with Crippen LogP contribution in [0.5, 0.6) is 5.75 Å². The number of nitrogens with zero attached hydrogens (tertiary/aromatic N) is 2. The number of amides is 1. The van der Waals surface area contributed by atoms with E-state index in [1.807, 2.05) is 0 Å². The predicted octanol–water partition coefficient (Wildman–Crippen LogP) is 4.12. The van der Waals surface area contributed by atoms with E-state index < -0.39 is 10.8 Å². The summed E-state index contributed by atoms with van der Waals surface area (Å²) in [7, 11) is 1.36. The number of nitrogens with one attached hydrogen (secondary N) is 1. The van der Waals surface area contributed by atoms with E-state index in [0.717, 1.165) is 17.4 Å². The Morgan fingerprint density at radius 1 is 1.31 bits per heavy atom. The van der Waals surface area contributed by atoms with Crippen LogP contribution in [-0.4, -0.2) is 22.9 Å². The average molecular weight is 373 g/mol. The molecule has 26 heavy (non-hydrogen) atoms. The molecular formula is C17H12FN3O4S. The van der Waals surface area contributed by atoms with Crippen molar-refractivity contribution in [2.24, 2.45) is 0 Å². The zero-order chi connectivity index (χ0) is 18.7. The van der Waals surface area contributed by atoms with Crippen LogP contribution in [0.15, 0.2) is 47.8 Å². The summed E-state index contributed by atoms with van der Waals surface area (Å²) in [5.41, 5.74) is 0.880. The number of hydrogen-bond donors (Lipinski definition) is 1. The molecule has 0 bridgehead atoms. The van der Waals surface area contributed by atoms with Gasteiger partial charge in [-0.3, -0.25) is 20.2 Å². The summed E-state index contributed by atoms with van der Waals surface area (Å²) in [6.07, 6.45) is 0. The summed E-state index contributed by atoms with van der Waals surface area (Å²) >= 11 is 1.16. The summed E-state index contributed by atoms with van der Waals surface area (Å²) in [6.45, 7) is 0. The van der Waals surface area contributed by atoms with E-state index in [0.29, 0.717) is 11.3 Å². The Kier molecular flexibility index (Phi) is 4.90. The van der Waals surface area contributed by atoms with Gasteiger partial charge >= 0.3 is 0 Å². The molecule has 3 rings (SSSR count). The molecule has 0 unspecified atom stereocenters. The Morgan fingerprint density at radius 2 is 2.12 bits per heavy atom. The van der Waals surface area contributed by atoms with Gasteiger partial charge in [0.1, 0.15) is 11.6 Å². The number of hydrogen-bond acceptors (Lipinski definition) is 6. The van der Waals surface area contributed by atoms with E-state index >= 15 is 0 Å². The molecule has 1 aromatic heterocycles. The minimum absolute atomic E-state index is 0.0178. The number of aromatic nitrogens is 1. The van der Waals surface area contributed by atoms with Crippen molar-refractivity contribution in [2.75, 3.05) is 12.4 Å². The first-order chi connectivity index (χ1) is 12.5. The molecule has 0 radical (unpaired) electrons. The van der Waals surface area contributed by atoms with E-state index in [1.165, 1.54) is 31.4 Å². The smallest absolute Gasteiger partial charge is 0.270 e. The molecule has 1 heterocycles. The first-order valence-corrected chi connectivity index (χ1v) is 8.21. The van der Waals surface area contributed by atoms with Gasteiger partial charge in [-0.25, -0.2) is 9.37 Å². The van der Waals surface area contributed by atoms with Gasteiger partial charge in [0, 0.05) is 23.1 Å². The third kappa shape index (κ3) is 3.67. The molecular weight excluding hydrogens is 361 g/mol. The average Bonchev–Trinajstić information content (AvgIpc) is 3.09. The van der Waals surface area contributed by atoms with Crippen molar-refractivity contribution < 1.29 is 18.8 Å². The van der Waals surface area contributed by atoms with E-state index in [2.05, 4.69) is 10.3 Å². The van der Waals surface area contributed by atoms with Gasteiger partial charge in [-0.2, -0.15) is 0 Å². The summed E-state index contributed by atoms with van der Waals surface area (Å²) in [4.78, 5) is 27.0. The summed E-state index contributed by atoms with van der Waals surface area (Å²) < 4.78 is 18.4. The molecule has 0 saturated heterocycles. The molecule has 3 aromatic rings. The molecule has 1 N–H and O–H groups in total. The molecule has 0 spiro atoms. The first-order valence-electron chi connectivity index (χ1n) is 7.33. The van der Waals surface area contributed by atoms with Gasteiger partial charge in [0.15, 0.2) is 5.13 Å². The Morgan fingerprint density at radius 3 is 2.81 bits per heavy atom. The second-order valence-electron chi connectivity index (χ2n) is 5.14. The second-order valence-corrected chi connectivity index (χ2v) is 6.00. The van der Waals surface area contributed by atoms with Crippen LogP contribution < -0.4 is 10.1 Å².